The zero-order valence-corrected chi connectivity index (χ0v) is 19.9. The minimum atomic E-state index is -1.14. The number of thiophene rings is 1. The quantitative estimate of drug-likeness (QED) is 0.478. The number of hydrogen-bond acceptors (Lipinski definition) is 7. The van der Waals surface area contributed by atoms with E-state index >= 15 is 0 Å². The van der Waals surface area contributed by atoms with E-state index in [1.54, 1.807) is 24.3 Å². The second kappa shape index (κ2) is 9.77. The molecule has 0 saturated carbocycles. The molecule has 9 heteroatoms. The molecule has 1 atom stereocenters. The molecule has 0 saturated heterocycles. The second-order valence-corrected chi connectivity index (χ2v) is 9.96. The summed E-state index contributed by atoms with van der Waals surface area (Å²) in [4.78, 5) is 53.3. The molecule has 1 N–H and O–H groups in total. The molecule has 1 aliphatic carbocycles. The summed E-state index contributed by atoms with van der Waals surface area (Å²) < 4.78 is 5.25. The van der Waals surface area contributed by atoms with E-state index in [-0.39, 0.29) is 23.5 Å². The van der Waals surface area contributed by atoms with E-state index in [9.17, 15) is 24.4 Å². The predicted octanol–water partition coefficient (Wildman–Crippen LogP) is 3.69. The average Bonchev–Trinajstić information content (AvgIpc) is 3.30. The van der Waals surface area contributed by atoms with E-state index in [1.807, 2.05) is 13.8 Å². The van der Waals surface area contributed by atoms with Gasteiger partial charge in [-0.3, -0.25) is 19.3 Å². The molecule has 3 amide bonds. The van der Waals surface area contributed by atoms with E-state index in [0.717, 1.165) is 41.0 Å². The number of carbonyl (C=O) groups is 4. The van der Waals surface area contributed by atoms with Crippen molar-refractivity contribution in [2.45, 2.75) is 52.0 Å². The molecule has 1 aromatic carbocycles. The molecule has 0 bridgehead atoms. The molecular formula is C25H25N3O5S. The Morgan fingerprint density at radius 3 is 2.41 bits per heavy atom. The van der Waals surface area contributed by atoms with Crippen LogP contribution in [0.1, 0.15) is 69.8 Å². The zero-order valence-electron chi connectivity index (χ0n) is 19.1. The number of esters is 1. The van der Waals surface area contributed by atoms with Crippen LogP contribution >= 0.6 is 11.3 Å². The van der Waals surface area contributed by atoms with Crippen molar-refractivity contribution in [3.05, 3.63) is 51.4 Å². The SMILES string of the molecule is CC(C)CC(C(=O)OCC(=O)Nc1sc2c(c1C#N)CCCC2)N1C(=O)c2ccccc2C1=O. The van der Waals surface area contributed by atoms with Crippen LogP contribution in [0.5, 0.6) is 0 Å². The third kappa shape index (κ3) is 4.46. The van der Waals surface area contributed by atoms with Crippen LogP contribution in [0.4, 0.5) is 5.00 Å². The van der Waals surface area contributed by atoms with Gasteiger partial charge in [0.25, 0.3) is 17.7 Å². The highest BCUT2D eigenvalue weighted by molar-refractivity contribution is 7.16. The van der Waals surface area contributed by atoms with Crippen molar-refractivity contribution < 1.29 is 23.9 Å². The molecule has 2 aliphatic rings. The predicted molar refractivity (Wildman–Crippen MR) is 125 cm³/mol. The van der Waals surface area contributed by atoms with Crippen LogP contribution in [-0.2, 0) is 27.2 Å². The normalized spacial score (nSPS) is 15.5. The monoisotopic (exact) mass is 479 g/mol. The largest absolute Gasteiger partial charge is 0.454 e. The summed E-state index contributed by atoms with van der Waals surface area (Å²) in [6.45, 7) is 3.16. The van der Waals surface area contributed by atoms with Gasteiger partial charge in [0.1, 0.15) is 17.1 Å². The fourth-order valence-corrected chi connectivity index (χ4v) is 5.67. The van der Waals surface area contributed by atoms with Gasteiger partial charge in [0, 0.05) is 4.88 Å². The minimum absolute atomic E-state index is 0.00804. The maximum atomic E-state index is 12.9. The maximum Gasteiger partial charge on any atom is 0.329 e. The van der Waals surface area contributed by atoms with Crippen LogP contribution in [0.2, 0.25) is 0 Å². The standard InChI is InChI=1S/C25H25N3O5S/c1-14(2)11-19(28-23(30)16-8-3-4-9-17(16)24(28)31)25(32)33-13-21(29)27-22-18(12-26)15-7-5-6-10-20(15)34-22/h3-4,8-9,14,19H,5-7,10-11,13H2,1-2H3,(H,27,29). The lowest BCUT2D eigenvalue weighted by atomic mass is 9.96. The minimum Gasteiger partial charge on any atom is -0.454 e. The first-order chi connectivity index (χ1) is 16.3. The van der Waals surface area contributed by atoms with Gasteiger partial charge in [0.15, 0.2) is 6.61 Å². The van der Waals surface area contributed by atoms with E-state index in [2.05, 4.69) is 11.4 Å². The number of nitrogens with one attached hydrogen (secondary N) is 1. The number of rotatable bonds is 7. The molecule has 34 heavy (non-hydrogen) atoms. The summed E-state index contributed by atoms with van der Waals surface area (Å²) in [5, 5.41) is 12.7. The lowest BCUT2D eigenvalue weighted by Crippen LogP contribution is -2.46. The molecule has 2 aromatic rings. The van der Waals surface area contributed by atoms with Gasteiger partial charge in [-0.1, -0.05) is 26.0 Å². The van der Waals surface area contributed by atoms with Crippen molar-refractivity contribution in [1.29, 1.82) is 5.26 Å². The van der Waals surface area contributed by atoms with E-state index in [4.69, 9.17) is 4.74 Å². The number of imide groups is 1. The first-order valence-electron chi connectivity index (χ1n) is 11.3. The summed E-state index contributed by atoms with van der Waals surface area (Å²) in [6.07, 6.45) is 3.98. The molecule has 0 radical (unpaired) electrons. The van der Waals surface area contributed by atoms with Crippen LogP contribution in [0.15, 0.2) is 24.3 Å². The Hall–Kier alpha value is -3.51. The Labute approximate surface area is 201 Å². The number of hydrogen-bond donors (Lipinski definition) is 1. The molecule has 8 nitrogen and oxygen atoms in total. The first-order valence-corrected chi connectivity index (χ1v) is 12.1. The molecular weight excluding hydrogens is 454 g/mol. The van der Waals surface area contributed by atoms with Gasteiger partial charge in [0.2, 0.25) is 0 Å². The number of benzene rings is 1. The van der Waals surface area contributed by atoms with Gasteiger partial charge < -0.3 is 10.1 Å². The Kier molecular flexibility index (Phi) is 6.80. The summed E-state index contributed by atoms with van der Waals surface area (Å²) >= 11 is 1.39. The molecule has 1 aromatic heterocycles. The van der Waals surface area contributed by atoms with Crippen LogP contribution in [0, 0.1) is 17.2 Å². The number of nitrogens with zero attached hydrogens (tertiary/aromatic N) is 2. The van der Waals surface area contributed by atoms with Crippen molar-refractivity contribution in [3.63, 3.8) is 0 Å². The van der Waals surface area contributed by atoms with Crippen molar-refractivity contribution in [2.24, 2.45) is 5.92 Å². The number of carbonyl (C=O) groups excluding carboxylic acids is 4. The van der Waals surface area contributed by atoms with Crippen LogP contribution < -0.4 is 5.32 Å². The van der Waals surface area contributed by atoms with E-state index < -0.39 is 36.3 Å². The second-order valence-electron chi connectivity index (χ2n) is 8.85. The van der Waals surface area contributed by atoms with Crippen molar-refractivity contribution in [2.75, 3.05) is 11.9 Å². The Balaban J connectivity index is 1.45. The fraction of sp³-hybridized carbons (Fsp3) is 0.400. The highest BCUT2D eigenvalue weighted by Crippen LogP contribution is 2.37. The molecule has 4 rings (SSSR count). The molecule has 0 spiro atoms. The highest BCUT2D eigenvalue weighted by atomic mass is 32.1. The van der Waals surface area contributed by atoms with Crippen molar-refractivity contribution in [1.82, 2.24) is 4.90 Å². The van der Waals surface area contributed by atoms with Gasteiger partial charge in [-0.05, 0) is 55.7 Å². The molecule has 1 unspecified atom stereocenters. The lowest BCUT2D eigenvalue weighted by Gasteiger charge is -2.25. The smallest absolute Gasteiger partial charge is 0.329 e. The summed E-state index contributed by atoms with van der Waals surface area (Å²) in [7, 11) is 0. The van der Waals surface area contributed by atoms with Crippen LogP contribution in [-0.4, -0.2) is 41.2 Å². The molecule has 2 heterocycles. The van der Waals surface area contributed by atoms with E-state index in [0.29, 0.717) is 10.6 Å². The van der Waals surface area contributed by atoms with E-state index in [1.165, 1.54) is 11.3 Å². The Bertz CT molecular complexity index is 1170. The fourth-order valence-electron chi connectivity index (χ4n) is 4.41. The van der Waals surface area contributed by atoms with Crippen LogP contribution in [0.25, 0.3) is 0 Å². The van der Waals surface area contributed by atoms with Gasteiger partial charge in [-0.2, -0.15) is 5.26 Å². The number of amides is 3. The van der Waals surface area contributed by atoms with Gasteiger partial charge in [-0.15, -0.1) is 11.3 Å². The van der Waals surface area contributed by atoms with Crippen molar-refractivity contribution in [3.8, 4) is 6.07 Å². The summed E-state index contributed by atoms with van der Waals surface area (Å²) in [6, 6.07) is 7.46. The van der Waals surface area contributed by atoms with Gasteiger partial charge in [0.05, 0.1) is 16.7 Å². The number of fused-ring (bicyclic) bond motifs is 2. The summed E-state index contributed by atoms with van der Waals surface area (Å²) in [5.74, 6) is -2.49. The molecule has 0 fully saturated rings. The lowest BCUT2D eigenvalue weighted by molar-refractivity contribution is -0.151. The number of aryl methyl sites for hydroxylation is 1. The average molecular weight is 480 g/mol. The maximum absolute atomic E-state index is 12.9. The van der Waals surface area contributed by atoms with Crippen LogP contribution in [0.3, 0.4) is 0 Å². The first kappa shape index (κ1) is 23.6. The topological polar surface area (TPSA) is 117 Å². The number of nitriles is 1. The Morgan fingerprint density at radius 1 is 1.15 bits per heavy atom. The molecule has 176 valence electrons. The van der Waals surface area contributed by atoms with Crippen molar-refractivity contribution >= 4 is 40.0 Å². The number of anilines is 1. The zero-order chi connectivity index (χ0) is 24.4. The summed E-state index contributed by atoms with van der Waals surface area (Å²) in [5.41, 5.74) is 1.96. The third-order valence-corrected chi connectivity index (χ3v) is 7.19. The Morgan fingerprint density at radius 2 is 1.79 bits per heavy atom. The number of ether oxygens (including phenoxy) is 1. The van der Waals surface area contributed by atoms with Gasteiger partial charge in [-0.25, -0.2) is 4.79 Å². The third-order valence-electron chi connectivity index (χ3n) is 5.99. The molecule has 1 aliphatic heterocycles. The van der Waals surface area contributed by atoms with Gasteiger partial charge >= 0.3 is 5.97 Å². The highest BCUT2D eigenvalue weighted by Gasteiger charge is 2.43.